The predicted octanol–water partition coefficient (Wildman–Crippen LogP) is 2.13. The molecule has 0 spiro atoms. The summed E-state index contributed by atoms with van der Waals surface area (Å²) in [7, 11) is 0. The second-order valence-corrected chi connectivity index (χ2v) is 4.20. The first kappa shape index (κ1) is 13.6. The second-order valence-electron chi connectivity index (χ2n) is 4.20. The summed E-state index contributed by atoms with van der Waals surface area (Å²) >= 11 is 0. The van der Waals surface area contributed by atoms with Crippen LogP contribution in [0.4, 0.5) is 20.4 Å². The first-order valence-electron chi connectivity index (χ1n) is 5.57. The molecule has 3 N–H and O–H groups in total. The van der Waals surface area contributed by atoms with Crippen LogP contribution >= 0.6 is 0 Å². The molecule has 17 heavy (non-hydrogen) atoms. The predicted molar refractivity (Wildman–Crippen MR) is 64.7 cm³/mol. The van der Waals surface area contributed by atoms with Gasteiger partial charge in [-0.1, -0.05) is 13.8 Å². The maximum absolute atomic E-state index is 13.6. The molecule has 1 rings (SSSR count). The molecule has 0 fully saturated rings. The van der Waals surface area contributed by atoms with Gasteiger partial charge in [-0.05, 0) is 12.8 Å². The quantitative estimate of drug-likeness (QED) is 0.615. The number of hydrogen-bond acceptors (Lipinski definition) is 4. The number of hydrogen-bond donors (Lipinski definition) is 2. The Labute approximate surface area is 99.8 Å². The Balaban J connectivity index is 3.10. The van der Waals surface area contributed by atoms with Crippen LogP contribution in [0, 0.1) is 17.6 Å². The first-order valence-corrected chi connectivity index (χ1v) is 5.57. The van der Waals surface area contributed by atoms with Crippen LogP contribution in [0.5, 0.6) is 0 Å². The number of nitrogens with two attached hydrogens (primary N) is 1. The lowest BCUT2D eigenvalue weighted by Crippen LogP contribution is -2.29. The topological polar surface area (TPSA) is 54.2 Å². The maximum atomic E-state index is 13.6. The van der Waals surface area contributed by atoms with E-state index in [1.807, 2.05) is 20.8 Å². The van der Waals surface area contributed by atoms with Crippen LogP contribution in [0.3, 0.4) is 0 Å². The molecule has 1 aromatic heterocycles. The minimum Gasteiger partial charge on any atom is -0.354 e. The summed E-state index contributed by atoms with van der Waals surface area (Å²) in [5, 5.41) is 0. The Morgan fingerprint density at radius 1 is 1.41 bits per heavy atom. The van der Waals surface area contributed by atoms with Crippen molar-refractivity contribution in [2.24, 2.45) is 11.8 Å². The third-order valence-corrected chi connectivity index (χ3v) is 2.31. The van der Waals surface area contributed by atoms with Gasteiger partial charge in [0.05, 0.1) is 0 Å². The highest BCUT2D eigenvalue weighted by Crippen LogP contribution is 2.22. The summed E-state index contributed by atoms with van der Waals surface area (Å²) in [6, 6.07) is 0.792. The molecule has 0 aliphatic carbocycles. The van der Waals surface area contributed by atoms with Crippen molar-refractivity contribution in [1.82, 2.24) is 4.98 Å². The number of nitrogens with zero attached hydrogens (tertiary/aromatic N) is 2. The van der Waals surface area contributed by atoms with Crippen molar-refractivity contribution in [3.05, 3.63) is 17.7 Å². The summed E-state index contributed by atoms with van der Waals surface area (Å²) < 4.78 is 26.8. The first-order chi connectivity index (χ1) is 7.99. The number of nitrogen functional groups attached to an aromatic ring is 1. The molecule has 0 unspecified atom stereocenters. The molecule has 1 aromatic rings. The number of rotatable bonds is 5. The molecule has 0 aromatic carbocycles. The van der Waals surface area contributed by atoms with Gasteiger partial charge in [-0.2, -0.15) is 0 Å². The minimum atomic E-state index is -0.797. The highest BCUT2D eigenvalue weighted by Gasteiger charge is 2.16. The van der Waals surface area contributed by atoms with Gasteiger partial charge in [0.25, 0.3) is 0 Å². The molecule has 0 bridgehead atoms. The van der Waals surface area contributed by atoms with Crippen LogP contribution in [0.1, 0.15) is 20.8 Å². The van der Waals surface area contributed by atoms with Crippen molar-refractivity contribution in [1.29, 1.82) is 0 Å². The highest BCUT2D eigenvalue weighted by molar-refractivity contribution is 5.48. The molecule has 96 valence electrons. The molecule has 0 radical (unpaired) electrons. The maximum Gasteiger partial charge on any atom is 0.178 e. The van der Waals surface area contributed by atoms with Crippen LogP contribution in [-0.2, 0) is 0 Å². The van der Waals surface area contributed by atoms with Crippen LogP contribution in [0.15, 0.2) is 6.07 Å². The fraction of sp³-hybridized carbons (Fsp3) is 0.545. The lowest BCUT2D eigenvalue weighted by molar-refractivity contribution is 0.556. The van der Waals surface area contributed by atoms with Gasteiger partial charge >= 0.3 is 0 Å². The minimum absolute atomic E-state index is 0.121. The van der Waals surface area contributed by atoms with Gasteiger partial charge in [0.15, 0.2) is 23.3 Å². The van der Waals surface area contributed by atoms with E-state index in [0.29, 0.717) is 19.0 Å². The lowest BCUT2D eigenvalue weighted by atomic mass is 10.2. The van der Waals surface area contributed by atoms with Crippen molar-refractivity contribution >= 4 is 11.6 Å². The smallest absolute Gasteiger partial charge is 0.178 e. The number of nitrogens with one attached hydrogen (secondary N) is 1. The Morgan fingerprint density at radius 3 is 2.53 bits per heavy atom. The molecule has 0 saturated heterocycles. The Kier molecular flexibility index (Phi) is 4.62. The SMILES string of the molecule is CCN(CC(C)C)c1nc(NN)c(F)cc1F. The van der Waals surface area contributed by atoms with E-state index >= 15 is 0 Å². The standard InChI is InChI=1S/C11H18F2N4/c1-4-17(6-7(2)3)11-9(13)5-8(12)10(15-11)16-14/h5,7H,4,6,14H2,1-3H3,(H,15,16). The Hall–Kier alpha value is -1.43. The number of halogens is 2. The number of pyridine rings is 1. The van der Waals surface area contributed by atoms with Crippen molar-refractivity contribution in [2.45, 2.75) is 20.8 Å². The molecule has 0 saturated carbocycles. The van der Waals surface area contributed by atoms with Gasteiger partial charge in [0, 0.05) is 19.2 Å². The van der Waals surface area contributed by atoms with Crippen LogP contribution in [0.2, 0.25) is 0 Å². The van der Waals surface area contributed by atoms with E-state index in [0.717, 1.165) is 6.07 Å². The van der Waals surface area contributed by atoms with E-state index in [2.05, 4.69) is 10.4 Å². The van der Waals surface area contributed by atoms with Gasteiger partial charge in [0.1, 0.15) is 0 Å². The zero-order chi connectivity index (χ0) is 13.0. The molecule has 0 amide bonds. The second kappa shape index (κ2) is 5.77. The number of aromatic nitrogens is 1. The molecule has 0 aliphatic rings. The molecular weight excluding hydrogens is 226 g/mol. The zero-order valence-electron chi connectivity index (χ0n) is 10.3. The van der Waals surface area contributed by atoms with Gasteiger partial charge < -0.3 is 10.3 Å². The largest absolute Gasteiger partial charge is 0.354 e. The number of anilines is 2. The van der Waals surface area contributed by atoms with E-state index in [9.17, 15) is 8.78 Å². The molecular formula is C11H18F2N4. The normalized spacial score (nSPS) is 10.8. The van der Waals surface area contributed by atoms with Crippen molar-refractivity contribution < 1.29 is 8.78 Å². The third kappa shape index (κ3) is 3.26. The van der Waals surface area contributed by atoms with Gasteiger partial charge in [-0.3, -0.25) is 0 Å². The van der Waals surface area contributed by atoms with Crippen LogP contribution < -0.4 is 16.2 Å². The fourth-order valence-corrected chi connectivity index (χ4v) is 1.59. The van der Waals surface area contributed by atoms with Crippen LogP contribution in [0.25, 0.3) is 0 Å². The number of hydrazine groups is 1. The summed E-state index contributed by atoms with van der Waals surface area (Å²) in [6.45, 7) is 7.18. The van der Waals surface area contributed by atoms with Gasteiger partial charge in [-0.25, -0.2) is 19.6 Å². The van der Waals surface area contributed by atoms with Crippen molar-refractivity contribution in [3.63, 3.8) is 0 Å². The average molecular weight is 244 g/mol. The molecule has 0 aliphatic heterocycles. The molecule has 6 heteroatoms. The highest BCUT2D eigenvalue weighted by atomic mass is 19.1. The summed E-state index contributed by atoms with van der Waals surface area (Å²) in [5.74, 6) is 3.97. The van der Waals surface area contributed by atoms with Gasteiger partial charge in [0.2, 0.25) is 0 Å². The van der Waals surface area contributed by atoms with Crippen molar-refractivity contribution in [3.8, 4) is 0 Å². The summed E-state index contributed by atoms with van der Waals surface area (Å²) in [6.07, 6.45) is 0. The molecule has 4 nitrogen and oxygen atoms in total. The van der Waals surface area contributed by atoms with E-state index in [-0.39, 0.29) is 11.6 Å². The fourth-order valence-electron chi connectivity index (χ4n) is 1.59. The molecule has 0 atom stereocenters. The lowest BCUT2D eigenvalue weighted by Gasteiger charge is -2.24. The Morgan fingerprint density at radius 2 is 2.06 bits per heavy atom. The third-order valence-electron chi connectivity index (χ3n) is 2.31. The summed E-state index contributed by atoms with van der Waals surface area (Å²) in [4.78, 5) is 5.60. The van der Waals surface area contributed by atoms with E-state index in [4.69, 9.17) is 5.84 Å². The van der Waals surface area contributed by atoms with E-state index < -0.39 is 11.6 Å². The van der Waals surface area contributed by atoms with Crippen LogP contribution in [-0.4, -0.2) is 18.1 Å². The zero-order valence-corrected chi connectivity index (χ0v) is 10.3. The van der Waals surface area contributed by atoms with E-state index in [1.165, 1.54) is 0 Å². The average Bonchev–Trinajstić information content (AvgIpc) is 2.26. The van der Waals surface area contributed by atoms with Crippen molar-refractivity contribution in [2.75, 3.05) is 23.4 Å². The Bertz CT molecular complexity index is 382. The summed E-state index contributed by atoms with van der Waals surface area (Å²) in [5.41, 5.74) is 2.12. The molecule has 1 heterocycles. The van der Waals surface area contributed by atoms with E-state index in [1.54, 1.807) is 4.90 Å². The monoisotopic (exact) mass is 244 g/mol. The van der Waals surface area contributed by atoms with Gasteiger partial charge in [-0.15, -0.1) is 0 Å².